The lowest BCUT2D eigenvalue weighted by molar-refractivity contribution is -0.144. The van der Waals surface area contributed by atoms with Gasteiger partial charge in [-0.05, 0) is 35.7 Å². The molecule has 0 aromatic rings. The van der Waals surface area contributed by atoms with E-state index in [2.05, 4.69) is 27.4 Å². The van der Waals surface area contributed by atoms with Crippen molar-refractivity contribution >= 4 is 5.97 Å². The lowest BCUT2D eigenvalue weighted by atomic mass is 9.58. The Morgan fingerprint density at radius 2 is 2.17 bits per heavy atom. The van der Waals surface area contributed by atoms with Crippen LogP contribution in [0.5, 0.6) is 0 Å². The number of carbonyl (C=O) groups is 1. The van der Waals surface area contributed by atoms with E-state index in [4.69, 9.17) is 4.74 Å². The highest BCUT2D eigenvalue weighted by Crippen LogP contribution is 2.62. The fraction of sp³-hybridized carbons (Fsp3) is 0.800. The van der Waals surface area contributed by atoms with Crippen LogP contribution in [-0.4, -0.2) is 23.3 Å². The third-order valence-corrected chi connectivity index (χ3v) is 5.64. The van der Waals surface area contributed by atoms with Crippen LogP contribution in [0.2, 0.25) is 0 Å². The summed E-state index contributed by atoms with van der Waals surface area (Å²) in [7, 11) is 0. The number of aliphatic hydroxyl groups excluding tert-OH is 1. The van der Waals surface area contributed by atoms with Gasteiger partial charge in [-0.2, -0.15) is 0 Å². The van der Waals surface area contributed by atoms with Crippen LogP contribution in [0.3, 0.4) is 0 Å². The van der Waals surface area contributed by atoms with Crippen LogP contribution in [0.25, 0.3) is 0 Å². The Morgan fingerprint density at radius 1 is 1.50 bits per heavy atom. The molecule has 0 aromatic heterocycles. The zero-order valence-corrected chi connectivity index (χ0v) is 11.3. The normalized spacial score (nSPS) is 50.6. The van der Waals surface area contributed by atoms with E-state index in [1.165, 1.54) is 0 Å². The predicted octanol–water partition coefficient (Wildman–Crippen LogP) is 2.15. The topological polar surface area (TPSA) is 46.5 Å². The summed E-state index contributed by atoms with van der Waals surface area (Å²) < 4.78 is 5.58. The van der Waals surface area contributed by atoms with Gasteiger partial charge in [0.05, 0.1) is 12.0 Å². The highest BCUT2D eigenvalue weighted by Gasteiger charge is 2.64. The number of aliphatic hydroxyl groups is 1. The number of fused-ring (bicyclic) bond motifs is 4. The van der Waals surface area contributed by atoms with Gasteiger partial charge in [-0.25, -0.2) is 0 Å². The van der Waals surface area contributed by atoms with Gasteiger partial charge in [0.25, 0.3) is 0 Å². The van der Waals surface area contributed by atoms with Gasteiger partial charge in [0.1, 0.15) is 6.10 Å². The first-order valence-corrected chi connectivity index (χ1v) is 6.94. The first-order chi connectivity index (χ1) is 8.36. The summed E-state index contributed by atoms with van der Waals surface area (Å²) in [4.78, 5) is 12.1. The van der Waals surface area contributed by atoms with Gasteiger partial charge in [0.2, 0.25) is 0 Å². The Morgan fingerprint density at radius 3 is 2.78 bits per heavy atom. The first-order valence-electron chi connectivity index (χ1n) is 6.94. The molecule has 6 atom stereocenters. The van der Waals surface area contributed by atoms with Crippen molar-refractivity contribution < 1.29 is 14.6 Å². The Balaban J connectivity index is 2.03. The van der Waals surface area contributed by atoms with Crippen molar-refractivity contribution in [1.82, 2.24) is 0 Å². The van der Waals surface area contributed by atoms with Crippen LogP contribution in [0, 0.1) is 29.1 Å². The predicted molar refractivity (Wildman–Crippen MR) is 67.7 cm³/mol. The molecule has 2 saturated carbocycles. The number of ether oxygens (including phenoxy) is 1. The summed E-state index contributed by atoms with van der Waals surface area (Å²) in [5.74, 6) is 0.881. The summed E-state index contributed by atoms with van der Waals surface area (Å²) in [5.41, 5.74) is 0.787. The van der Waals surface area contributed by atoms with Gasteiger partial charge in [-0.1, -0.05) is 27.4 Å². The van der Waals surface area contributed by atoms with Gasteiger partial charge in [0, 0.05) is 5.92 Å². The minimum atomic E-state index is -0.444. The number of esters is 1. The first kappa shape index (κ1) is 12.2. The summed E-state index contributed by atoms with van der Waals surface area (Å²) in [6.07, 6.45) is 1.08. The molecule has 18 heavy (non-hydrogen) atoms. The van der Waals surface area contributed by atoms with Crippen molar-refractivity contribution in [3.05, 3.63) is 12.2 Å². The molecule has 0 unspecified atom stereocenters. The molecule has 3 nitrogen and oxygen atoms in total. The average molecular weight is 250 g/mol. The Kier molecular flexibility index (Phi) is 2.44. The molecular weight excluding hydrogens is 228 g/mol. The van der Waals surface area contributed by atoms with E-state index >= 15 is 0 Å². The van der Waals surface area contributed by atoms with Gasteiger partial charge >= 0.3 is 5.97 Å². The minimum absolute atomic E-state index is 0.0193. The molecule has 100 valence electrons. The smallest absolute Gasteiger partial charge is 0.309 e. The van der Waals surface area contributed by atoms with E-state index in [9.17, 15) is 9.90 Å². The molecule has 1 heterocycles. The second kappa shape index (κ2) is 3.60. The molecule has 2 bridgehead atoms. The third-order valence-electron chi connectivity index (χ3n) is 5.64. The summed E-state index contributed by atoms with van der Waals surface area (Å²) >= 11 is 0. The van der Waals surface area contributed by atoms with Crippen molar-refractivity contribution in [3.8, 4) is 0 Å². The molecule has 0 aromatic carbocycles. The summed E-state index contributed by atoms with van der Waals surface area (Å²) in [5, 5.41) is 10.1. The number of carbonyl (C=O) groups excluding carboxylic acids is 1. The maximum Gasteiger partial charge on any atom is 0.309 e. The standard InChI is InChI=1S/C15H22O3/c1-7(2)12-11-6-15(4)8(3)10(16)5-9(15)13(12)14(17)18-11/h7,9-13,16H,3,5-6H2,1-2,4H3/t9-,10-,11+,12-,13+,15-/m0/s1. The molecule has 3 fully saturated rings. The van der Waals surface area contributed by atoms with E-state index in [-0.39, 0.29) is 29.3 Å². The molecule has 1 saturated heterocycles. The molecule has 3 aliphatic rings. The fourth-order valence-electron chi connectivity index (χ4n) is 4.65. The van der Waals surface area contributed by atoms with Gasteiger partial charge in [0.15, 0.2) is 0 Å². The van der Waals surface area contributed by atoms with E-state index in [0.717, 1.165) is 12.0 Å². The highest BCUT2D eigenvalue weighted by atomic mass is 16.6. The van der Waals surface area contributed by atoms with Gasteiger partial charge in [-0.15, -0.1) is 0 Å². The SMILES string of the molecule is C=C1[C@@H](O)C[C@H]2[C@H]3C(=O)O[C@H](C[C@@]12C)[C@@H]3C(C)C. The van der Waals surface area contributed by atoms with Crippen molar-refractivity contribution in [1.29, 1.82) is 0 Å². The van der Waals surface area contributed by atoms with Crippen LogP contribution >= 0.6 is 0 Å². The maximum atomic E-state index is 12.1. The zero-order valence-electron chi connectivity index (χ0n) is 11.3. The summed E-state index contributed by atoms with van der Waals surface area (Å²) in [6, 6.07) is 0. The van der Waals surface area contributed by atoms with E-state index in [1.807, 2.05) is 0 Å². The molecule has 3 rings (SSSR count). The third kappa shape index (κ3) is 1.31. The molecule has 0 radical (unpaired) electrons. The second-order valence-corrected chi connectivity index (χ2v) is 6.83. The lowest BCUT2D eigenvalue weighted by Crippen LogP contribution is -2.44. The highest BCUT2D eigenvalue weighted by molar-refractivity contribution is 5.77. The summed E-state index contributed by atoms with van der Waals surface area (Å²) in [6.45, 7) is 10.5. The fourth-order valence-corrected chi connectivity index (χ4v) is 4.65. The number of hydrogen-bond donors (Lipinski definition) is 1. The second-order valence-electron chi connectivity index (χ2n) is 6.83. The number of rotatable bonds is 1. The van der Waals surface area contributed by atoms with E-state index < -0.39 is 6.10 Å². The van der Waals surface area contributed by atoms with Gasteiger partial charge in [-0.3, -0.25) is 4.79 Å². The largest absolute Gasteiger partial charge is 0.462 e. The Hall–Kier alpha value is -0.830. The lowest BCUT2D eigenvalue weighted by Gasteiger charge is -2.44. The maximum absolute atomic E-state index is 12.1. The van der Waals surface area contributed by atoms with Crippen molar-refractivity contribution in [2.45, 2.75) is 45.8 Å². The van der Waals surface area contributed by atoms with Crippen LogP contribution in [0.1, 0.15) is 33.6 Å². The van der Waals surface area contributed by atoms with Crippen molar-refractivity contribution in [3.63, 3.8) is 0 Å². The molecule has 3 heteroatoms. The molecule has 2 aliphatic carbocycles. The minimum Gasteiger partial charge on any atom is -0.462 e. The van der Waals surface area contributed by atoms with E-state index in [1.54, 1.807) is 0 Å². The average Bonchev–Trinajstić information content (AvgIpc) is 2.66. The van der Waals surface area contributed by atoms with Crippen LogP contribution in [0.4, 0.5) is 0 Å². The van der Waals surface area contributed by atoms with Crippen molar-refractivity contribution in [2.75, 3.05) is 0 Å². The molecule has 1 N–H and O–H groups in total. The van der Waals surface area contributed by atoms with E-state index in [0.29, 0.717) is 18.3 Å². The number of hydrogen-bond acceptors (Lipinski definition) is 3. The molecule has 1 aliphatic heterocycles. The Bertz CT molecular complexity index is 414. The van der Waals surface area contributed by atoms with Gasteiger partial charge < -0.3 is 9.84 Å². The van der Waals surface area contributed by atoms with Crippen LogP contribution in [0.15, 0.2) is 12.2 Å². The Labute approximate surface area is 108 Å². The molecule has 0 amide bonds. The monoisotopic (exact) mass is 250 g/mol. The van der Waals surface area contributed by atoms with Crippen LogP contribution < -0.4 is 0 Å². The molecule has 0 spiro atoms. The van der Waals surface area contributed by atoms with Crippen LogP contribution in [-0.2, 0) is 9.53 Å². The van der Waals surface area contributed by atoms with Crippen molar-refractivity contribution in [2.24, 2.45) is 29.1 Å². The quantitative estimate of drug-likeness (QED) is 0.573. The zero-order chi connectivity index (χ0) is 13.2. The molecular formula is C15H22O3.